The molecule has 2 aromatic rings. The SMILES string of the molecule is CCCOC1CC2CC[C@H](C1)N2CC(C)Cn1ncc2ccccc21. The summed E-state index contributed by atoms with van der Waals surface area (Å²) in [6.45, 7) is 7.68. The van der Waals surface area contributed by atoms with E-state index in [1.807, 2.05) is 6.20 Å². The Morgan fingerprint density at radius 1 is 1.16 bits per heavy atom. The van der Waals surface area contributed by atoms with Crippen molar-refractivity contribution >= 4 is 10.9 Å². The minimum atomic E-state index is 0.499. The molecule has 1 aromatic carbocycles. The molecule has 0 saturated carbocycles. The number of hydrogen-bond donors (Lipinski definition) is 0. The third kappa shape index (κ3) is 3.61. The molecule has 2 bridgehead atoms. The third-order valence-corrected chi connectivity index (χ3v) is 5.96. The summed E-state index contributed by atoms with van der Waals surface area (Å²) in [6, 6.07) is 9.97. The van der Waals surface area contributed by atoms with Gasteiger partial charge < -0.3 is 4.74 Å². The number of ether oxygens (including phenoxy) is 1. The smallest absolute Gasteiger partial charge is 0.0682 e. The number of para-hydroxylation sites is 1. The summed E-state index contributed by atoms with van der Waals surface area (Å²) >= 11 is 0. The molecular weight excluding hydrogens is 310 g/mol. The maximum atomic E-state index is 6.06. The van der Waals surface area contributed by atoms with Crippen molar-refractivity contribution in [2.45, 2.75) is 70.7 Å². The van der Waals surface area contributed by atoms with Crippen LogP contribution >= 0.6 is 0 Å². The molecule has 2 saturated heterocycles. The standard InChI is InChI=1S/C21H31N3O/c1-3-10-25-20-11-18-8-9-19(12-20)23(18)14-16(2)15-24-21-7-5-4-6-17(21)13-22-24/h4-7,13,16,18-20H,3,8-12,14-15H2,1-2H3/t16?,18-,19?,20?/m1/s1. The fourth-order valence-corrected chi connectivity index (χ4v) is 4.83. The molecule has 2 aliphatic rings. The van der Waals surface area contributed by atoms with E-state index in [9.17, 15) is 0 Å². The predicted octanol–water partition coefficient (Wildman–Crippen LogP) is 4.09. The van der Waals surface area contributed by atoms with Gasteiger partial charge in [0.05, 0.1) is 17.8 Å². The van der Waals surface area contributed by atoms with E-state index >= 15 is 0 Å². The van der Waals surface area contributed by atoms with Crippen molar-refractivity contribution in [3.63, 3.8) is 0 Å². The molecule has 0 amide bonds. The second-order valence-electron chi connectivity index (χ2n) is 8.04. The Bertz CT molecular complexity index is 683. The number of aromatic nitrogens is 2. The van der Waals surface area contributed by atoms with Gasteiger partial charge >= 0.3 is 0 Å². The van der Waals surface area contributed by atoms with E-state index in [1.54, 1.807) is 0 Å². The Hall–Kier alpha value is -1.39. The van der Waals surface area contributed by atoms with Crippen LogP contribution in [0.5, 0.6) is 0 Å². The van der Waals surface area contributed by atoms with Gasteiger partial charge in [-0.3, -0.25) is 9.58 Å². The summed E-state index contributed by atoms with van der Waals surface area (Å²) < 4.78 is 8.24. The average Bonchev–Trinajstić information content (AvgIpc) is 3.11. The van der Waals surface area contributed by atoms with Gasteiger partial charge in [-0.1, -0.05) is 32.0 Å². The van der Waals surface area contributed by atoms with Crippen molar-refractivity contribution in [2.75, 3.05) is 13.2 Å². The monoisotopic (exact) mass is 341 g/mol. The summed E-state index contributed by atoms with van der Waals surface area (Å²) in [6.07, 6.45) is 8.79. The summed E-state index contributed by atoms with van der Waals surface area (Å²) in [5, 5.41) is 5.85. The van der Waals surface area contributed by atoms with Crippen molar-refractivity contribution in [3.8, 4) is 0 Å². The lowest BCUT2D eigenvalue weighted by atomic mass is 9.98. The van der Waals surface area contributed by atoms with Crippen molar-refractivity contribution in [2.24, 2.45) is 5.92 Å². The predicted molar refractivity (Wildman–Crippen MR) is 102 cm³/mol. The summed E-state index contributed by atoms with van der Waals surface area (Å²) in [5.74, 6) is 0.611. The summed E-state index contributed by atoms with van der Waals surface area (Å²) in [7, 11) is 0. The third-order valence-electron chi connectivity index (χ3n) is 5.96. The van der Waals surface area contributed by atoms with Crippen LogP contribution in [0.3, 0.4) is 0 Å². The van der Waals surface area contributed by atoms with E-state index in [-0.39, 0.29) is 0 Å². The fourth-order valence-electron chi connectivity index (χ4n) is 4.83. The first-order valence-corrected chi connectivity index (χ1v) is 10.0. The molecule has 25 heavy (non-hydrogen) atoms. The average molecular weight is 341 g/mol. The van der Waals surface area contributed by atoms with Crippen LogP contribution in [0, 0.1) is 5.92 Å². The summed E-state index contributed by atoms with van der Waals surface area (Å²) in [5.41, 5.74) is 1.25. The van der Waals surface area contributed by atoms with Gasteiger partial charge in [-0.15, -0.1) is 0 Å². The molecule has 2 fully saturated rings. The minimum Gasteiger partial charge on any atom is -0.378 e. The zero-order valence-corrected chi connectivity index (χ0v) is 15.6. The highest BCUT2D eigenvalue weighted by Gasteiger charge is 2.41. The molecule has 1 aromatic heterocycles. The first-order valence-electron chi connectivity index (χ1n) is 10.0. The van der Waals surface area contributed by atoms with Crippen LogP contribution in [0.25, 0.3) is 10.9 Å². The van der Waals surface area contributed by atoms with Gasteiger partial charge in [0.1, 0.15) is 0 Å². The molecule has 0 N–H and O–H groups in total. The molecule has 4 atom stereocenters. The zero-order valence-electron chi connectivity index (χ0n) is 15.6. The van der Waals surface area contributed by atoms with Crippen LogP contribution in [0.15, 0.2) is 30.5 Å². The molecule has 4 nitrogen and oxygen atoms in total. The second-order valence-corrected chi connectivity index (χ2v) is 8.04. The van der Waals surface area contributed by atoms with Gasteiger partial charge in [-0.25, -0.2) is 0 Å². The molecule has 2 aliphatic heterocycles. The normalized spacial score (nSPS) is 27.8. The molecular formula is C21H31N3O. The highest BCUT2D eigenvalue weighted by Crippen LogP contribution is 2.37. The number of nitrogens with zero attached hydrogens (tertiary/aromatic N) is 3. The van der Waals surface area contributed by atoms with E-state index < -0.39 is 0 Å². The number of hydrogen-bond acceptors (Lipinski definition) is 3. The van der Waals surface area contributed by atoms with Crippen molar-refractivity contribution in [1.29, 1.82) is 0 Å². The maximum absolute atomic E-state index is 6.06. The van der Waals surface area contributed by atoms with Crippen molar-refractivity contribution in [3.05, 3.63) is 30.5 Å². The molecule has 0 aliphatic carbocycles. The second kappa shape index (κ2) is 7.46. The van der Waals surface area contributed by atoms with Gasteiger partial charge in [0.15, 0.2) is 0 Å². The fraction of sp³-hybridized carbons (Fsp3) is 0.667. The van der Waals surface area contributed by atoms with E-state index in [1.165, 1.54) is 43.1 Å². The number of piperidine rings is 1. The first kappa shape index (κ1) is 17.0. The lowest BCUT2D eigenvalue weighted by molar-refractivity contribution is -0.0237. The van der Waals surface area contributed by atoms with Crippen LogP contribution in [0.4, 0.5) is 0 Å². The lowest BCUT2D eigenvalue weighted by Gasteiger charge is -2.40. The number of benzene rings is 1. The van der Waals surface area contributed by atoms with E-state index in [0.717, 1.165) is 31.7 Å². The van der Waals surface area contributed by atoms with Crippen LogP contribution in [-0.2, 0) is 11.3 Å². The Labute approximate surface area is 151 Å². The highest BCUT2D eigenvalue weighted by atomic mass is 16.5. The molecule has 4 heteroatoms. The molecule has 4 rings (SSSR count). The van der Waals surface area contributed by atoms with Crippen LogP contribution in [-0.4, -0.2) is 46.0 Å². The van der Waals surface area contributed by atoms with Gasteiger partial charge in [-0.2, -0.15) is 5.10 Å². The molecule has 3 heterocycles. The van der Waals surface area contributed by atoms with Gasteiger partial charge in [0, 0.05) is 37.2 Å². The van der Waals surface area contributed by atoms with Crippen molar-refractivity contribution in [1.82, 2.24) is 14.7 Å². The molecule has 136 valence electrons. The van der Waals surface area contributed by atoms with Crippen LogP contribution in [0.1, 0.15) is 46.0 Å². The summed E-state index contributed by atoms with van der Waals surface area (Å²) in [4.78, 5) is 2.78. The maximum Gasteiger partial charge on any atom is 0.0682 e. The highest BCUT2D eigenvalue weighted by molar-refractivity contribution is 5.78. The minimum absolute atomic E-state index is 0.499. The first-order chi connectivity index (χ1) is 12.2. The van der Waals surface area contributed by atoms with E-state index in [4.69, 9.17) is 4.74 Å². The van der Waals surface area contributed by atoms with Gasteiger partial charge in [-0.05, 0) is 44.1 Å². The molecule has 0 radical (unpaired) electrons. The van der Waals surface area contributed by atoms with Gasteiger partial charge in [0.2, 0.25) is 0 Å². The Kier molecular flexibility index (Phi) is 5.09. The molecule has 3 unspecified atom stereocenters. The lowest BCUT2D eigenvalue weighted by Crippen LogP contribution is -2.47. The Balaban J connectivity index is 1.36. The Morgan fingerprint density at radius 3 is 2.68 bits per heavy atom. The van der Waals surface area contributed by atoms with Gasteiger partial charge in [0.25, 0.3) is 0 Å². The van der Waals surface area contributed by atoms with Crippen LogP contribution in [0.2, 0.25) is 0 Å². The molecule has 0 spiro atoms. The number of fused-ring (bicyclic) bond motifs is 3. The van der Waals surface area contributed by atoms with Crippen LogP contribution < -0.4 is 0 Å². The topological polar surface area (TPSA) is 30.3 Å². The van der Waals surface area contributed by atoms with Crippen molar-refractivity contribution < 1.29 is 4.74 Å². The Morgan fingerprint density at radius 2 is 1.92 bits per heavy atom. The quantitative estimate of drug-likeness (QED) is 0.760. The zero-order chi connectivity index (χ0) is 17.2. The number of rotatable bonds is 7. The van der Waals surface area contributed by atoms with E-state index in [2.05, 4.69) is 52.8 Å². The van der Waals surface area contributed by atoms with E-state index in [0.29, 0.717) is 12.0 Å². The largest absolute Gasteiger partial charge is 0.378 e.